The Labute approximate surface area is 150 Å². The number of fused-ring (bicyclic) bond motifs is 1. The predicted molar refractivity (Wildman–Crippen MR) is 93.7 cm³/mol. The number of halogens is 1. The fourth-order valence-corrected chi connectivity index (χ4v) is 3.03. The molecule has 0 spiro atoms. The third kappa shape index (κ3) is 3.40. The number of aliphatic carboxylic acids is 1. The second-order valence-corrected chi connectivity index (χ2v) is 6.64. The van der Waals surface area contributed by atoms with Gasteiger partial charge in [0.2, 0.25) is 0 Å². The van der Waals surface area contributed by atoms with Crippen LogP contribution in [0.1, 0.15) is 33.9 Å². The molecule has 136 valence electrons. The molecule has 2 aromatic carbocycles. The summed E-state index contributed by atoms with van der Waals surface area (Å²) in [6.07, 6.45) is -0.397. The fourth-order valence-electron chi connectivity index (χ4n) is 3.03. The molecular weight excluding hydrogens is 337 g/mol. The van der Waals surface area contributed by atoms with Gasteiger partial charge in [0.25, 0.3) is 5.91 Å². The average molecular weight is 357 g/mol. The molecule has 0 fully saturated rings. The maximum Gasteiger partial charge on any atom is 0.330 e. The molecule has 1 aliphatic heterocycles. The lowest BCUT2D eigenvalue weighted by atomic mass is 10.0. The molecule has 2 aromatic rings. The highest BCUT2D eigenvalue weighted by Crippen LogP contribution is 2.31. The van der Waals surface area contributed by atoms with Crippen LogP contribution >= 0.6 is 0 Å². The lowest BCUT2D eigenvalue weighted by Gasteiger charge is -2.18. The van der Waals surface area contributed by atoms with E-state index in [0.29, 0.717) is 23.3 Å². The van der Waals surface area contributed by atoms with Gasteiger partial charge in [-0.25, -0.2) is 9.18 Å². The SMILES string of the molecule is Cc1cc2c(cc1C)OC(C(=O)NC(C(=O)O)c1ccc(F)c(C)c1)C2. The molecule has 2 atom stereocenters. The van der Waals surface area contributed by atoms with E-state index in [1.807, 2.05) is 26.0 Å². The molecule has 0 saturated heterocycles. The first-order chi connectivity index (χ1) is 12.3. The number of aryl methyl sites for hydroxylation is 3. The van der Waals surface area contributed by atoms with Gasteiger partial charge in [-0.3, -0.25) is 4.79 Å². The molecule has 26 heavy (non-hydrogen) atoms. The normalized spacial score (nSPS) is 16.5. The molecule has 5 nitrogen and oxygen atoms in total. The highest BCUT2D eigenvalue weighted by Gasteiger charge is 2.33. The minimum absolute atomic E-state index is 0.312. The van der Waals surface area contributed by atoms with Crippen LogP contribution in [0.5, 0.6) is 5.75 Å². The van der Waals surface area contributed by atoms with E-state index in [9.17, 15) is 19.1 Å². The molecule has 3 rings (SSSR count). The van der Waals surface area contributed by atoms with Crippen LogP contribution in [0.2, 0.25) is 0 Å². The molecule has 1 aliphatic rings. The van der Waals surface area contributed by atoms with Crippen molar-refractivity contribution in [2.45, 2.75) is 39.3 Å². The van der Waals surface area contributed by atoms with E-state index in [0.717, 1.165) is 16.7 Å². The highest BCUT2D eigenvalue weighted by molar-refractivity contribution is 5.88. The zero-order valence-corrected chi connectivity index (χ0v) is 14.8. The van der Waals surface area contributed by atoms with Crippen molar-refractivity contribution in [1.29, 1.82) is 0 Å². The minimum Gasteiger partial charge on any atom is -0.480 e. The van der Waals surface area contributed by atoms with Crippen molar-refractivity contribution in [2.24, 2.45) is 0 Å². The predicted octanol–water partition coefficient (Wildman–Crippen LogP) is 3.00. The number of ether oxygens (including phenoxy) is 1. The number of amides is 1. The number of carboxylic acids is 1. The van der Waals surface area contributed by atoms with E-state index in [-0.39, 0.29) is 0 Å². The summed E-state index contributed by atoms with van der Waals surface area (Å²) in [5.41, 5.74) is 3.73. The zero-order chi connectivity index (χ0) is 19.0. The maximum absolute atomic E-state index is 13.4. The standard InChI is InChI=1S/C20H20FNO4/c1-10-6-14-9-17(26-16(14)8-11(10)2)19(23)22-18(20(24)25)13-4-5-15(21)12(3)7-13/h4-8,17-18H,9H2,1-3H3,(H,22,23)(H,24,25). The van der Waals surface area contributed by atoms with Gasteiger partial charge in [-0.1, -0.05) is 18.2 Å². The van der Waals surface area contributed by atoms with E-state index in [1.165, 1.54) is 18.2 Å². The molecule has 0 radical (unpaired) electrons. The third-order valence-corrected chi connectivity index (χ3v) is 4.69. The van der Waals surface area contributed by atoms with Gasteiger partial charge in [0.05, 0.1) is 0 Å². The van der Waals surface area contributed by atoms with Gasteiger partial charge in [-0.2, -0.15) is 0 Å². The van der Waals surface area contributed by atoms with E-state index in [4.69, 9.17) is 4.74 Å². The maximum atomic E-state index is 13.4. The fraction of sp³-hybridized carbons (Fsp3) is 0.300. The van der Waals surface area contributed by atoms with E-state index < -0.39 is 29.8 Å². The Morgan fingerprint density at radius 2 is 1.85 bits per heavy atom. The summed E-state index contributed by atoms with van der Waals surface area (Å²) in [5, 5.41) is 12.0. The number of rotatable bonds is 4. The van der Waals surface area contributed by atoms with Gasteiger partial charge >= 0.3 is 5.97 Å². The second kappa shape index (κ2) is 6.78. The van der Waals surface area contributed by atoms with Crippen molar-refractivity contribution in [3.8, 4) is 5.75 Å². The molecule has 1 amide bonds. The number of hydrogen-bond acceptors (Lipinski definition) is 3. The second-order valence-electron chi connectivity index (χ2n) is 6.64. The van der Waals surface area contributed by atoms with Crippen molar-refractivity contribution in [3.63, 3.8) is 0 Å². The van der Waals surface area contributed by atoms with Gasteiger partial charge in [0.15, 0.2) is 12.1 Å². The summed E-state index contributed by atoms with van der Waals surface area (Å²) in [4.78, 5) is 24.2. The van der Waals surface area contributed by atoms with Crippen LogP contribution < -0.4 is 10.1 Å². The zero-order valence-electron chi connectivity index (χ0n) is 14.8. The Morgan fingerprint density at radius 3 is 2.50 bits per heavy atom. The Hall–Kier alpha value is -2.89. The minimum atomic E-state index is -1.27. The van der Waals surface area contributed by atoms with Crippen molar-refractivity contribution in [2.75, 3.05) is 0 Å². The number of carboxylic acid groups (broad SMARTS) is 1. The number of carbonyl (C=O) groups excluding carboxylic acids is 1. The number of nitrogens with one attached hydrogen (secondary N) is 1. The van der Waals surface area contributed by atoms with E-state index in [1.54, 1.807) is 6.92 Å². The Bertz CT molecular complexity index is 863. The van der Waals surface area contributed by atoms with Crippen molar-refractivity contribution in [3.05, 3.63) is 64.0 Å². The van der Waals surface area contributed by atoms with Crippen molar-refractivity contribution in [1.82, 2.24) is 5.32 Å². The molecule has 6 heteroatoms. The summed E-state index contributed by atoms with van der Waals surface area (Å²) in [5.74, 6) is -1.50. The first-order valence-electron chi connectivity index (χ1n) is 8.32. The summed E-state index contributed by atoms with van der Waals surface area (Å²) >= 11 is 0. The molecular formula is C20H20FNO4. The third-order valence-electron chi connectivity index (χ3n) is 4.69. The van der Waals surface area contributed by atoms with Crippen LogP contribution in [0.4, 0.5) is 4.39 Å². The van der Waals surface area contributed by atoms with Crippen LogP contribution in [0.15, 0.2) is 30.3 Å². The summed E-state index contributed by atoms with van der Waals surface area (Å²) in [6, 6.07) is 6.58. The molecule has 2 unspecified atom stereocenters. The lowest BCUT2D eigenvalue weighted by molar-refractivity contribution is -0.143. The molecule has 0 bridgehead atoms. The molecule has 0 saturated carbocycles. The van der Waals surface area contributed by atoms with E-state index >= 15 is 0 Å². The Morgan fingerprint density at radius 1 is 1.15 bits per heavy atom. The van der Waals surface area contributed by atoms with Gasteiger partial charge in [0, 0.05) is 6.42 Å². The molecule has 0 aliphatic carbocycles. The molecule has 1 heterocycles. The van der Waals surface area contributed by atoms with Crippen molar-refractivity contribution >= 4 is 11.9 Å². The molecule has 2 N–H and O–H groups in total. The van der Waals surface area contributed by atoms with Crippen LogP contribution in [0, 0.1) is 26.6 Å². The monoisotopic (exact) mass is 357 g/mol. The first-order valence-corrected chi connectivity index (χ1v) is 8.32. The quantitative estimate of drug-likeness (QED) is 0.882. The van der Waals surface area contributed by atoms with Crippen LogP contribution in [0.3, 0.4) is 0 Å². The Balaban J connectivity index is 1.77. The summed E-state index contributed by atoms with van der Waals surface area (Å²) in [7, 11) is 0. The number of benzene rings is 2. The topological polar surface area (TPSA) is 75.6 Å². The van der Waals surface area contributed by atoms with Crippen LogP contribution in [-0.4, -0.2) is 23.1 Å². The van der Waals surface area contributed by atoms with Gasteiger partial charge < -0.3 is 15.2 Å². The number of hydrogen-bond donors (Lipinski definition) is 2. The Kier molecular flexibility index (Phi) is 4.68. The highest BCUT2D eigenvalue weighted by atomic mass is 19.1. The summed E-state index contributed by atoms with van der Waals surface area (Å²) < 4.78 is 19.1. The number of carbonyl (C=O) groups is 2. The van der Waals surface area contributed by atoms with E-state index in [2.05, 4.69) is 5.32 Å². The smallest absolute Gasteiger partial charge is 0.330 e. The lowest BCUT2D eigenvalue weighted by Crippen LogP contribution is -2.42. The van der Waals surface area contributed by atoms with Gasteiger partial charge in [-0.15, -0.1) is 0 Å². The van der Waals surface area contributed by atoms with Crippen molar-refractivity contribution < 1.29 is 23.8 Å². The van der Waals surface area contributed by atoms with Gasteiger partial charge in [-0.05, 0) is 60.7 Å². The average Bonchev–Trinajstić information content (AvgIpc) is 2.98. The first kappa shape index (κ1) is 17.9. The van der Waals surface area contributed by atoms with Crippen LogP contribution in [0.25, 0.3) is 0 Å². The van der Waals surface area contributed by atoms with Crippen LogP contribution in [-0.2, 0) is 16.0 Å². The van der Waals surface area contributed by atoms with Gasteiger partial charge in [0.1, 0.15) is 11.6 Å². The largest absolute Gasteiger partial charge is 0.480 e. The summed E-state index contributed by atoms with van der Waals surface area (Å²) in [6.45, 7) is 5.49. The molecule has 0 aromatic heterocycles.